The van der Waals surface area contributed by atoms with Gasteiger partial charge < -0.3 is 9.47 Å². The lowest BCUT2D eigenvalue weighted by molar-refractivity contribution is -0.161. The van der Waals surface area contributed by atoms with E-state index in [1.54, 1.807) is 0 Å². The van der Waals surface area contributed by atoms with E-state index in [1.807, 2.05) is 0 Å². The van der Waals surface area contributed by atoms with Crippen LogP contribution >= 0.6 is 0 Å². The number of carbonyl (C=O) groups is 4. The Balaban J connectivity index is 4.75. The Morgan fingerprint density at radius 1 is 0.778 bits per heavy atom. The van der Waals surface area contributed by atoms with Crippen LogP contribution in [0.3, 0.4) is 0 Å². The normalized spacial score (nSPS) is 13.0. The van der Waals surface area contributed by atoms with E-state index in [0.717, 1.165) is 19.3 Å². The second-order valence-corrected chi connectivity index (χ2v) is 8.10. The van der Waals surface area contributed by atoms with Crippen LogP contribution in [0.4, 0.5) is 0 Å². The van der Waals surface area contributed by atoms with Gasteiger partial charge in [-0.25, -0.2) is 0 Å². The van der Waals surface area contributed by atoms with Crippen molar-refractivity contribution in [3.8, 4) is 0 Å². The summed E-state index contributed by atoms with van der Waals surface area (Å²) in [5, 5.41) is 0. The fraction of sp³-hybridized carbons (Fsp3) is 0.810. The van der Waals surface area contributed by atoms with Crippen molar-refractivity contribution in [2.24, 2.45) is 16.7 Å². The molecule has 0 saturated heterocycles. The fourth-order valence-corrected chi connectivity index (χ4v) is 2.89. The highest BCUT2D eigenvalue weighted by atomic mass is 16.5. The first-order valence-electron chi connectivity index (χ1n) is 9.78. The van der Waals surface area contributed by atoms with Crippen LogP contribution in [0.1, 0.15) is 80.1 Å². The lowest BCUT2D eigenvalue weighted by atomic mass is 9.74. The summed E-state index contributed by atoms with van der Waals surface area (Å²) >= 11 is 0. The topological polar surface area (TPSA) is 86.7 Å². The minimum atomic E-state index is -1.46. The van der Waals surface area contributed by atoms with Crippen molar-refractivity contribution < 1.29 is 28.7 Å². The summed E-state index contributed by atoms with van der Waals surface area (Å²) in [6, 6.07) is 0. The van der Waals surface area contributed by atoms with E-state index >= 15 is 0 Å². The van der Waals surface area contributed by atoms with Gasteiger partial charge >= 0.3 is 11.9 Å². The number of carbonyl (C=O) groups excluding carboxylic acids is 4. The Hall–Kier alpha value is -1.72. The first kappa shape index (κ1) is 25.3. The maximum Gasteiger partial charge on any atom is 0.319 e. The molecule has 0 aromatic carbocycles. The molecule has 27 heavy (non-hydrogen) atoms. The molecule has 1 unspecified atom stereocenters. The number of esters is 2. The van der Waals surface area contributed by atoms with Crippen molar-refractivity contribution in [2.75, 3.05) is 13.7 Å². The largest absolute Gasteiger partial charge is 0.468 e. The first-order valence-corrected chi connectivity index (χ1v) is 9.78. The Bertz CT molecular complexity index is 533. The van der Waals surface area contributed by atoms with E-state index in [4.69, 9.17) is 4.74 Å². The molecule has 0 heterocycles. The predicted molar refractivity (Wildman–Crippen MR) is 103 cm³/mol. The highest BCUT2D eigenvalue weighted by molar-refractivity contribution is 6.17. The Morgan fingerprint density at radius 2 is 1.22 bits per heavy atom. The van der Waals surface area contributed by atoms with Gasteiger partial charge in [0.2, 0.25) is 0 Å². The minimum Gasteiger partial charge on any atom is -0.468 e. The van der Waals surface area contributed by atoms with Gasteiger partial charge in [0.25, 0.3) is 0 Å². The molecular weight excluding hydrogens is 348 g/mol. The third kappa shape index (κ3) is 7.07. The predicted octanol–water partition coefficient (Wildman–Crippen LogP) is 3.89. The van der Waals surface area contributed by atoms with Crippen LogP contribution in [0.25, 0.3) is 0 Å². The van der Waals surface area contributed by atoms with E-state index < -0.39 is 40.3 Å². The molecule has 0 rings (SSSR count). The van der Waals surface area contributed by atoms with Crippen molar-refractivity contribution in [3.63, 3.8) is 0 Å². The molecule has 0 fully saturated rings. The quantitative estimate of drug-likeness (QED) is 0.272. The molecule has 0 N–H and O–H groups in total. The second kappa shape index (κ2) is 11.2. The number of Topliss-reactive ketones (excluding diaryl/α,β-unsaturated/α-hetero) is 2. The lowest BCUT2D eigenvalue weighted by Crippen LogP contribution is -2.46. The number of rotatable bonds is 13. The van der Waals surface area contributed by atoms with Crippen LogP contribution in [0.15, 0.2) is 0 Å². The molecule has 0 saturated carbocycles. The highest BCUT2D eigenvalue weighted by Gasteiger charge is 2.47. The molecule has 0 radical (unpaired) electrons. The molecular formula is C21H36O6. The molecule has 0 aromatic rings. The van der Waals surface area contributed by atoms with Gasteiger partial charge in [-0.3, -0.25) is 19.2 Å². The van der Waals surface area contributed by atoms with Crippen LogP contribution in [0.2, 0.25) is 0 Å². The molecule has 1 atom stereocenters. The number of hydrogen-bond acceptors (Lipinski definition) is 6. The van der Waals surface area contributed by atoms with Crippen molar-refractivity contribution in [2.45, 2.75) is 80.1 Å². The third-order valence-corrected chi connectivity index (χ3v) is 4.96. The fourth-order valence-electron chi connectivity index (χ4n) is 2.89. The van der Waals surface area contributed by atoms with Crippen molar-refractivity contribution in [1.82, 2.24) is 0 Å². The molecule has 156 valence electrons. The van der Waals surface area contributed by atoms with E-state index in [1.165, 1.54) is 61.0 Å². The third-order valence-electron chi connectivity index (χ3n) is 4.96. The Labute approximate surface area is 163 Å². The molecule has 0 aliphatic heterocycles. The van der Waals surface area contributed by atoms with Gasteiger partial charge in [0.1, 0.15) is 10.8 Å². The van der Waals surface area contributed by atoms with Gasteiger partial charge in [-0.15, -0.1) is 0 Å². The zero-order valence-electron chi connectivity index (χ0n) is 18.0. The smallest absolute Gasteiger partial charge is 0.319 e. The minimum absolute atomic E-state index is 0.262. The number of ether oxygens (including phenoxy) is 2. The zero-order valence-corrected chi connectivity index (χ0v) is 18.0. The Kier molecular flexibility index (Phi) is 10.5. The molecule has 0 aliphatic carbocycles. The molecule has 0 aromatic heterocycles. The SMILES string of the molecule is CCCCCCCCOC(=O)C(C)(C)C(=O)C(C)C(=O)C(C)(C)C(=O)OC. The van der Waals surface area contributed by atoms with Crippen LogP contribution in [0.5, 0.6) is 0 Å². The number of ketones is 2. The number of hydrogen-bond donors (Lipinski definition) is 0. The highest BCUT2D eigenvalue weighted by Crippen LogP contribution is 2.30. The van der Waals surface area contributed by atoms with Crippen molar-refractivity contribution in [3.05, 3.63) is 0 Å². The average molecular weight is 385 g/mol. The summed E-state index contributed by atoms with van der Waals surface area (Å²) in [6.07, 6.45) is 6.38. The number of unbranched alkanes of at least 4 members (excludes halogenated alkanes) is 5. The van der Waals surface area contributed by atoms with Crippen LogP contribution in [0, 0.1) is 16.7 Å². The summed E-state index contributed by atoms with van der Waals surface area (Å²) in [5.74, 6) is -3.60. The van der Waals surface area contributed by atoms with Crippen molar-refractivity contribution >= 4 is 23.5 Å². The number of methoxy groups -OCH3 is 1. The lowest BCUT2D eigenvalue weighted by Gasteiger charge is -2.28. The van der Waals surface area contributed by atoms with Crippen LogP contribution in [-0.4, -0.2) is 37.2 Å². The molecule has 0 bridgehead atoms. The summed E-state index contributed by atoms with van der Waals surface area (Å²) in [6.45, 7) is 9.56. The van der Waals surface area contributed by atoms with E-state index in [0.29, 0.717) is 0 Å². The van der Waals surface area contributed by atoms with Crippen molar-refractivity contribution in [1.29, 1.82) is 0 Å². The Morgan fingerprint density at radius 3 is 1.70 bits per heavy atom. The van der Waals surface area contributed by atoms with Gasteiger partial charge in [0, 0.05) is 0 Å². The summed E-state index contributed by atoms with van der Waals surface area (Å²) in [4.78, 5) is 49.5. The van der Waals surface area contributed by atoms with Gasteiger partial charge in [0.05, 0.1) is 19.6 Å². The summed E-state index contributed by atoms with van der Waals surface area (Å²) in [5.41, 5.74) is -2.91. The van der Waals surface area contributed by atoms with Gasteiger partial charge in [0.15, 0.2) is 11.6 Å². The molecule has 0 spiro atoms. The second-order valence-electron chi connectivity index (χ2n) is 8.10. The van der Waals surface area contributed by atoms with Crippen LogP contribution < -0.4 is 0 Å². The molecule has 6 heteroatoms. The maximum atomic E-state index is 12.7. The van der Waals surface area contributed by atoms with E-state index in [9.17, 15) is 19.2 Å². The first-order chi connectivity index (χ1) is 12.4. The van der Waals surface area contributed by atoms with E-state index in [-0.39, 0.29) is 6.61 Å². The van der Waals surface area contributed by atoms with E-state index in [2.05, 4.69) is 11.7 Å². The average Bonchev–Trinajstić information content (AvgIpc) is 2.64. The maximum absolute atomic E-state index is 12.7. The molecule has 0 aliphatic rings. The van der Waals surface area contributed by atoms with Gasteiger partial charge in [-0.1, -0.05) is 39.0 Å². The van der Waals surface area contributed by atoms with Gasteiger partial charge in [-0.2, -0.15) is 0 Å². The summed E-state index contributed by atoms with van der Waals surface area (Å²) in [7, 11) is 1.19. The van der Waals surface area contributed by atoms with Crippen LogP contribution in [-0.2, 0) is 28.7 Å². The van der Waals surface area contributed by atoms with Gasteiger partial charge in [-0.05, 0) is 41.0 Å². The standard InChI is InChI=1S/C21H36O6/c1-8-9-10-11-12-13-14-27-19(25)21(5,6)17(23)15(2)16(22)20(3,4)18(24)26-7/h15H,8-14H2,1-7H3. The zero-order chi connectivity index (χ0) is 21.3. The monoisotopic (exact) mass is 384 g/mol. The molecule has 0 amide bonds. The summed E-state index contributed by atoms with van der Waals surface area (Å²) < 4.78 is 9.89. The molecule has 6 nitrogen and oxygen atoms in total.